The van der Waals surface area contributed by atoms with Gasteiger partial charge in [-0.3, -0.25) is 0 Å². The van der Waals surface area contributed by atoms with E-state index >= 15 is 0 Å². The van der Waals surface area contributed by atoms with Crippen LogP contribution in [0.5, 0.6) is 0 Å². The number of nitrogens with zero attached hydrogens (tertiary/aromatic N) is 2. The lowest BCUT2D eigenvalue weighted by atomic mass is 10.1. The summed E-state index contributed by atoms with van der Waals surface area (Å²) in [6.45, 7) is 2.10. The standard InChI is InChI=1S/C13H13BrN4S/c1-2-8-7-9(14)3-4-10(8)17-13-16-6-5-11(18-13)12(15)19/h3-7H,2H2,1H3,(H2,15,19)(H,16,17,18). The Kier molecular flexibility index (Phi) is 4.44. The van der Waals surface area contributed by atoms with Crippen molar-refractivity contribution in [2.24, 2.45) is 5.73 Å². The topological polar surface area (TPSA) is 63.8 Å². The molecule has 1 heterocycles. The lowest BCUT2D eigenvalue weighted by Gasteiger charge is -2.10. The number of benzene rings is 1. The van der Waals surface area contributed by atoms with Crippen LogP contribution in [0.15, 0.2) is 34.9 Å². The van der Waals surface area contributed by atoms with Gasteiger partial charge in [0.2, 0.25) is 5.95 Å². The van der Waals surface area contributed by atoms with Crippen LogP contribution in [0.25, 0.3) is 0 Å². The number of aromatic nitrogens is 2. The average Bonchev–Trinajstić information content (AvgIpc) is 2.41. The smallest absolute Gasteiger partial charge is 0.227 e. The van der Waals surface area contributed by atoms with Crippen LogP contribution in [-0.4, -0.2) is 15.0 Å². The minimum Gasteiger partial charge on any atom is -0.388 e. The summed E-state index contributed by atoms with van der Waals surface area (Å²) < 4.78 is 1.05. The van der Waals surface area contributed by atoms with Gasteiger partial charge in [-0.1, -0.05) is 35.1 Å². The van der Waals surface area contributed by atoms with E-state index < -0.39 is 0 Å². The first kappa shape index (κ1) is 13.9. The molecule has 2 rings (SSSR count). The highest BCUT2D eigenvalue weighted by Gasteiger charge is 2.05. The van der Waals surface area contributed by atoms with E-state index in [1.54, 1.807) is 12.3 Å². The van der Waals surface area contributed by atoms with Crippen molar-refractivity contribution < 1.29 is 0 Å². The van der Waals surface area contributed by atoms with E-state index in [0.717, 1.165) is 16.6 Å². The Bertz CT molecular complexity index is 615. The summed E-state index contributed by atoms with van der Waals surface area (Å²) in [5.74, 6) is 0.488. The quantitative estimate of drug-likeness (QED) is 0.839. The maximum Gasteiger partial charge on any atom is 0.227 e. The van der Waals surface area contributed by atoms with Crippen LogP contribution in [0, 0.1) is 0 Å². The first-order valence-electron chi connectivity index (χ1n) is 5.78. The minimum atomic E-state index is 0.261. The number of halogens is 1. The van der Waals surface area contributed by atoms with E-state index in [9.17, 15) is 0 Å². The number of aryl methyl sites for hydroxylation is 1. The highest BCUT2D eigenvalue weighted by molar-refractivity contribution is 9.10. The second-order valence-corrected chi connectivity index (χ2v) is 5.27. The summed E-state index contributed by atoms with van der Waals surface area (Å²) in [6.07, 6.45) is 2.55. The van der Waals surface area contributed by atoms with Crippen LogP contribution in [0.4, 0.5) is 11.6 Å². The van der Waals surface area contributed by atoms with Gasteiger partial charge in [-0.25, -0.2) is 9.97 Å². The fraction of sp³-hybridized carbons (Fsp3) is 0.154. The van der Waals surface area contributed by atoms with E-state index in [4.69, 9.17) is 18.0 Å². The molecule has 0 bridgehead atoms. The van der Waals surface area contributed by atoms with Gasteiger partial charge in [0.05, 0.1) is 0 Å². The molecule has 1 aromatic heterocycles. The molecular formula is C13H13BrN4S. The molecule has 6 heteroatoms. The van der Waals surface area contributed by atoms with Gasteiger partial charge in [-0.15, -0.1) is 0 Å². The van der Waals surface area contributed by atoms with Crippen molar-refractivity contribution in [2.45, 2.75) is 13.3 Å². The molecule has 98 valence electrons. The Labute approximate surface area is 125 Å². The van der Waals surface area contributed by atoms with Crippen molar-refractivity contribution >= 4 is 44.8 Å². The summed E-state index contributed by atoms with van der Waals surface area (Å²) in [6, 6.07) is 7.72. The summed E-state index contributed by atoms with van der Waals surface area (Å²) in [5.41, 5.74) is 8.27. The van der Waals surface area contributed by atoms with Gasteiger partial charge < -0.3 is 11.1 Å². The van der Waals surface area contributed by atoms with Gasteiger partial charge in [-0.2, -0.15) is 0 Å². The third-order valence-corrected chi connectivity index (χ3v) is 3.31. The predicted molar refractivity (Wildman–Crippen MR) is 84.7 cm³/mol. The lowest BCUT2D eigenvalue weighted by molar-refractivity contribution is 1.11. The molecule has 19 heavy (non-hydrogen) atoms. The number of hydrogen-bond acceptors (Lipinski definition) is 4. The maximum absolute atomic E-state index is 5.56. The number of hydrogen-bond donors (Lipinski definition) is 2. The molecular weight excluding hydrogens is 324 g/mol. The van der Waals surface area contributed by atoms with E-state index in [1.807, 2.05) is 12.1 Å². The van der Waals surface area contributed by atoms with Gasteiger partial charge in [0.15, 0.2) is 0 Å². The number of nitrogens with two attached hydrogens (primary N) is 1. The zero-order valence-corrected chi connectivity index (χ0v) is 12.8. The Morgan fingerprint density at radius 1 is 1.42 bits per heavy atom. The van der Waals surface area contributed by atoms with Crippen molar-refractivity contribution in [3.8, 4) is 0 Å². The van der Waals surface area contributed by atoms with Gasteiger partial charge in [0.25, 0.3) is 0 Å². The third-order valence-electron chi connectivity index (χ3n) is 2.60. The molecule has 0 fully saturated rings. The van der Waals surface area contributed by atoms with Crippen molar-refractivity contribution in [3.63, 3.8) is 0 Å². The summed E-state index contributed by atoms with van der Waals surface area (Å²) in [7, 11) is 0. The number of thiocarbonyl (C=S) groups is 1. The predicted octanol–water partition coefficient (Wildman–Crippen LogP) is 3.18. The number of rotatable bonds is 4. The third kappa shape index (κ3) is 3.48. The van der Waals surface area contributed by atoms with Crippen LogP contribution in [0.2, 0.25) is 0 Å². The normalized spacial score (nSPS) is 10.2. The second-order valence-electron chi connectivity index (χ2n) is 3.91. The van der Waals surface area contributed by atoms with Gasteiger partial charge in [0.1, 0.15) is 10.7 Å². The van der Waals surface area contributed by atoms with Crippen molar-refractivity contribution in [2.75, 3.05) is 5.32 Å². The SMILES string of the molecule is CCc1cc(Br)ccc1Nc1nccc(C(N)=S)n1. The van der Waals surface area contributed by atoms with Crippen molar-refractivity contribution in [1.82, 2.24) is 9.97 Å². The molecule has 0 spiro atoms. The highest BCUT2D eigenvalue weighted by atomic mass is 79.9. The molecule has 0 saturated heterocycles. The summed E-state index contributed by atoms with van der Waals surface area (Å²) in [4.78, 5) is 8.69. The number of anilines is 2. The zero-order chi connectivity index (χ0) is 13.8. The van der Waals surface area contributed by atoms with Crippen LogP contribution in [0.1, 0.15) is 18.2 Å². The van der Waals surface area contributed by atoms with E-state index in [-0.39, 0.29) is 4.99 Å². The monoisotopic (exact) mass is 336 g/mol. The van der Waals surface area contributed by atoms with E-state index in [1.165, 1.54) is 5.56 Å². The van der Waals surface area contributed by atoms with Crippen LogP contribution in [0.3, 0.4) is 0 Å². The lowest BCUT2D eigenvalue weighted by Crippen LogP contribution is -2.13. The molecule has 0 amide bonds. The fourth-order valence-corrected chi connectivity index (χ4v) is 2.18. The van der Waals surface area contributed by atoms with E-state index in [2.05, 4.69) is 44.2 Å². The van der Waals surface area contributed by atoms with Crippen LogP contribution >= 0.6 is 28.1 Å². The molecule has 0 radical (unpaired) electrons. The minimum absolute atomic E-state index is 0.261. The Morgan fingerprint density at radius 2 is 2.21 bits per heavy atom. The van der Waals surface area contributed by atoms with E-state index in [0.29, 0.717) is 11.6 Å². The summed E-state index contributed by atoms with van der Waals surface area (Å²) in [5, 5.41) is 3.19. The zero-order valence-electron chi connectivity index (χ0n) is 10.4. The second kappa shape index (κ2) is 6.08. The molecule has 4 nitrogen and oxygen atoms in total. The van der Waals surface area contributed by atoms with Gasteiger partial charge >= 0.3 is 0 Å². The molecule has 0 aliphatic rings. The highest BCUT2D eigenvalue weighted by Crippen LogP contribution is 2.23. The molecule has 1 aromatic carbocycles. The van der Waals surface area contributed by atoms with Gasteiger partial charge in [0, 0.05) is 16.4 Å². The molecule has 3 N–H and O–H groups in total. The van der Waals surface area contributed by atoms with Crippen molar-refractivity contribution in [1.29, 1.82) is 0 Å². The number of nitrogens with one attached hydrogen (secondary N) is 1. The van der Waals surface area contributed by atoms with Gasteiger partial charge in [-0.05, 0) is 36.2 Å². The molecule has 2 aromatic rings. The van der Waals surface area contributed by atoms with Crippen molar-refractivity contribution in [3.05, 3.63) is 46.2 Å². The maximum atomic E-state index is 5.56. The summed E-state index contributed by atoms with van der Waals surface area (Å²) >= 11 is 8.37. The Hall–Kier alpha value is -1.53. The molecule has 0 aliphatic heterocycles. The largest absolute Gasteiger partial charge is 0.388 e. The van der Waals surface area contributed by atoms with Crippen LogP contribution in [-0.2, 0) is 6.42 Å². The molecule has 0 atom stereocenters. The Balaban J connectivity index is 2.30. The average molecular weight is 337 g/mol. The van der Waals surface area contributed by atoms with Crippen LogP contribution < -0.4 is 11.1 Å². The first-order chi connectivity index (χ1) is 9.10. The molecule has 0 saturated carbocycles. The first-order valence-corrected chi connectivity index (χ1v) is 6.98. The Morgan fingerprint density at radius 3 is 2.89 bits per heavy atom. The molecule has 0 aliphatic carbocycles. The molecule has 0 unspecified atom stereocenters. The fourth-order valence-electron chi connectivity index (χ4n) is 1.65.